The molecule has 0 radical (unpaired) electrons. The maximum atomic E-state index is 14.0. The minimum Gasteiger partial charge on any atom is -0.166 e. The van der Waals surface area contributed by atoms with Gasteiger partial charge in [0.25, 0.3) is 0 Å². The lowest BCUT2D eigenvalue weighted by molar-refractivity contribution is -0.137. The van der Waals surface area contributed by atoms with Gasteiger partial charge in [-0.1, -0.05) is 152 Å². The minimum atomic E-state index is -4.47. The van der Waals surface area contributed by atoms with Crippen LogP contribution < -0.4 is 0 Å². The van der Waals surface area contributed by atoms with E-state index < -0.39 is 11.7 Å². The van der Waals surface area contributed by atoms with Gasteiger partial charge in [0.05, 0.1) is 5.56 Å². The van der Waals surface area contributed by atoms with Crippen molar-refractivity contribution in [3.8, 4) is 66.8 Å². The maximum Gasteiger partial charge on any atom is 0.416 e. The Labute approximate surface area is 336 Å². The summed E-state index contributed by atoms with van der Waals surface area (Å²) in [5.74, 6) is 0. The Kier molecular flexibility index (Phi) is 10.6. The Morgan fingerprint density at radius 1 is 0.255 bits per heavy atom. The zero-order chi connectivity index (χ0) is 35.9. The number of rotatable bonds is 6. The summed E-state index contributed by atoms with van der Waals surface area (Å²) in [5.41, 5.74) is 10.3. The summed E-state index contributed by atoms with van der Waals surface area (Å²) >= 11 is 18.1. The van der Waals surface area contributed by atoms with E-state index in [0.717, 1.165) is 83.6 Å². The first-order chi connectivity index (χ1) is 24.5. The van der Waals surface area contributed by atoms with Gasteiger partial charge in [-0.05, 0) is 140 Å². The molecule has 252 valence electrons. The number of hydrogen-bond acceptors (Lipinski definition) is 0. The second kappa shape index (κ2) is 15.0. The van der Waals surface area contributed by atoms with Gasteiger partial charge in [-0.15, -0.1) is 0 Å². The summed E-state index contributed by atoms with van der Waals surface area (Å²) in [6, 6.07) is 46.5. The monoisotopic (exact) mass is 992 g/mol. The largest absolute Gasteiger partial charge is 0.416 e. The molecule has 0 amide bonds. The molecule has 0 saturated carbocycles. The molecule has 0 fully saturated rings. The lowest BCUT2D eigenvalue weighted by Gasteiger charge is -2.29. The van der Waals surface area contributed by atoms with Gasteiger partial charge in [0.1, 0.15) is 0 Å². The highest BCUT2D eigenvalue weighted by molar-refractivity contribution is 9.11. The second-order valence-corrected chi connectivity index (χ2v) is 16.4. The molecule has 8 heteroatoms. The molecule has 0 aliphatic rings. The molecule has 0 bridgehead atoms. The summed E-state index contributed by atoms with van der Waals surface area (Å²) in [6.07, 6.45) is -4.47. The first kappa shape index (κ1) is 36.1. The average molecular weight is 997 g/mol. The van der Waals surface area contributed by atoms with Gasteiger partial charge >= 0.3 is 6.18 Å². The number of benzene rings is 7. The summed E-state index contributed by atoms with van der Waals surface area (Å²) in [7, 11) is 0. The Bertz CT molecular complexity index is 2210. The molecule has 7 aromatic rings. The quantitative estimate of drug-likeness (QED) is 0.156. The fraction of sp³-hybridized carbons (Fsp3) is 0.0233. The zero-order valence-corrected chi connectivity index (χ0v) is 34.3. The van der Waals surface area contributed by atoms with Gasteiger partial charge in [-0.2, -0.15) is 13.2 Å². The average Bonchev–Trinajstić information content (AvgIpc) is 3.12. The van der Waals surface area contributed by atoms with Crippen LogP contribution in [0.15, 0.2) is 168 Å². The van der Waals surface area contributed by atoms with E-state index in [1.165, 1.54) is 12.1 Å². The van der Waals surface area contributed by atoms with Crippen LogP contribution in [-0.4, -0.2) is 0 Å². The summed E-state index contributed by atoms with van der Waals surface area (Å²) in [6.45, 7) is 0. The molecular weight excluding hydrogens is 973 g/mol. The third kappa shape index (κ3) is 7.63. The van der Waals surface area contributed by atoms with Crippen LogP contribution in [0.4, 0.5) is 13.2 Å². The van der Waals surface area contributed by atoms with Crippen molar-refractivity contribution in [1.29, 1.82) is 0 Å². The first-order valence-corrected chi connectivity index (χ1v) is 19.7. The SMILES string of the molecule is FC(F)(F)c1ccc(-c2c(-c3ccc(Br)cc3)c(-c3ccc(Br)cc3)c(-c3ccc(Br)cc3)c(-c3ccc(Br)cc3)c2-c2ccc(Br)cc2)cc1. The Balaban J connectivity index is 1.79. The third-order valence-electron chi connectivity index (χ3n) is 8.67. The second-order valence-electron chi connectivity index (χ2n) is 11.9. The molecule has 7 rings (SSSR count). The first-order valence-electron chi connectivity index (χ1n) is 15.7. The van der Waals surface area contributed by atoms with Gasteiger partial charge in [0.15, 0.2) is 0 Å². The van der Waals surface area contributed by atoms with Crippen LogP contribution in [0.25, 0.3) is 66.8 Å². The van der Waals surface area contributed by atoms with Gasteiger partial charge in [0.2, 0.25) is 0 Å². The summed E-state index contributed by atoms with van der Waals surface area (Å²) in [4.78, 5) is 0. The molecule has 51 heavy (non-hydrogen) atoms. The number of halogens is 8. The van der Waals surface area contributed by atoms with E-state index in [-0.39, 0.29) is 0 Å². The molecule has 0 aliphatic carbocycles. The fourth-order valence-electron chi connectivity index (χ4n) is 6.39. The van der Waals surface area contributed by atoms with Crippen LogP contribution in [0.2, 0.25) is 0 Å². The molecule has 0 atom stereocenters. The lowest BCUT2D eigenvalue weighted by Crippen LogP contribution is -2.05. The molecule has 7 aromatic carbocycles. The van der Waals surface area contributed by atoms with Crippen molar-refractivity contribution >= 4 is 79.6 Å². The molecule has 0 aliphatic heterocycles. The van der Waals surface area contributed by atoms with Gasteiger partial charge in [0, 0.05) is 22.4 Å². The van der Waals surface area contributed by atoms with Gasteiger partial charge in [-0.3, -0.25) is 0 Å². The van der Waals surface area contributed by atoms with Crippen LogP contribution in [-0.2, 0) is 6.18 Å². The highest BCUT2D eigenvalue weighted by Gasteiger charge is 2.32. The van der Waals surface area contributed by atoms with E-state index in [4.69, 9.17) is 0 Å². The van der Waals surface area contributed by atoms with Gasteiger partial charge < -0.3 is 0 Å². The fourth-order valence-corrected chi connectivity index (χ4v) is 7.71. The van der Waals surface area contributed by atoms with E-state index in [1.807, 2.05) is 60.7 Å². The highest BCUT2D eigenvalue weighted by Crippen LogP contribution is 2.56. The number of alkyl halides is 3. The Morgan fingerprint density at radius 2 is 0.412 bits per heavy atom. The van der Waals surface area contributed by atoms with E-state index in [2.05, 4.69) is 140 Å². The number of hydrogen-bond donors (Lipinski definition) is 0. The predicted octanol–water partition coefficient (Wildman–Crippen LogP) is 16.5. The van der Waals surface area contributed by atoms with Crippen molar-refractivity contribution in [2.75, 3.05) is 0 Å². The van der Waals surface area contributed by atoms with Crippen molar-refractivity contribution in [2.24, 2.45) is 0 Å². The van der Waals surface area contributed by atoms with E-state index in [1.54, 1.807) is 12.1 Å². The van der Waals surface area contributed by atoms with Crippen molar-refractivity contribution < 1.29 is 13.2 Å². The smallest absolute Gasteiger partial charge is 0.166 e. The van der Waals surface area contributed by atoms with Crippen molar-refractivity contribution in [2.45, 2.75) is 6.18 Å². The van der Waals surface area contributed by atoms with Crippen molar-refractivity contribution in [1.82, 2.24) is 0 Å². The molecule has 0 aromatic heterocycles. The van der Waals surface area contributed by atoms with Crippen LogP contribution in [0.5, 0.6) is 0 Å². The van der Waals surface area contributed by atoms with Crippen molar-refractivity contribution in [3.63, 3.8) is 0 Å². The molecule has 0 nitrogen and oxygen atoms in total. The lowest BCUT2D eigenvalue weighted by atomic mass is 9.74. The summed E-state index contributed by atoms with van der Waals surface area (Å²) < 4.78 is 46.6. The Morgan fingerprint density at radius 3 is 0.569 bits per heavy atom. The van der Waals surface area contributed by atoms with Crippen LogP contribution >= 0.6 is 79.6 Å². The zero-order valence-electron chi connectivity index (χ0n) is 26.4. The van der Waals surface area contributed by atoms with E-state index >= 15 is 0 Å². The minimum absolute atomic E-state index is 0.665. The maximum absolute atomic E-state index is 14.0. The Hall–Kier alpha value is -3.27. The van der Waals surface area contributed by atoms with Crippen LogP contribution in [0.1, 0.15) is 5.56 Å². The molecular formula is C43H24Br5F3. The normalized spacial score (nSPS) is 11.5. The standard InChI is InChI=1S/C43H24Br5F3/c44-32-15-3-26(4-16-32)38-37(25-1-13-31(14-2-25)43(49,50)51)39(27-5-17-33(45)18-6-27)41(29-9-21-35(47)22-10-29)42(30-11-23-36(48)24-12-30)40(38)28-7-19-34(46)20-8-28/h1-24H. The molecule has 0 heterocycles. The van der Waals surface area contributed by atoms with E-state index in [0.29, 0.717) is 5.56 Å². The molecule has 0 spiro atoms. The van der Waals surface area contributed by atoms with Crippen LogP contribution in [0, 0.1) is 0 Å². The van der Waals surface area contributed by atoms with Gasteiger partial charge in [-0.25, -0.2) is 0 Å². The molecule has 0 unspecified atom stereocenters. The van der Waals surface area contributed by atoms with Crippen molar-refractivity contribution in [3.05, 3.63) is 174 Å². The third-order valence-corrected chi connectivity index (χ3v) is 11.3. The summed E-state index contributed by atoms with van der Waals surface area (Å²) in [5, 5.41) is 0. The molecule has 0 saturated heterocycles. The highest BCUT2D eigenvalue weighted by atomic mass is 79.9. The topological polar surface area (TPSA) is 0 Å². The predicted molar refractivity (Wildman–Crippen MR) is 223 cm³/mol. The molecule has 0 N–H and O–H groups in total. The van der Waals surface area contributed by atoms with E-state index in [9.17, 15) is 13.2 Å². The van der Waals surface area contributed by atoms with Crippen LogP contribution in [0.3, 0.4) is 0 Å².